The molecule has 6 rings (SSSR count). The molecule has 0 spiro atoms. The van der Waals surface area contributed by atoms with E-state index in [4.69, 9.17) is 11.6 Å². The molecule has 1 N–H and O–H groups in total. The first-order valence-corrected chi connectivity index (χ1v) is 13.5. The van der Waals surface area contributed by atoms with Crippen LogP contribution >= 0.6 is 34.7 Å². The summed E-state index contributed by atoms with van der Waals surface area (Å²) in [6.07, 6.45) is 4.09. The maximum absolute atomic E-state index is 13.8. The Balaban J connectivity index is 1.44. The lowest BCUT2D eigenvalue weighted by atomic mass is 9.97. The number of hydrogen-bond donors (Lipinski definition) is 1. The number of nitrogens with one attached hydrogen (secondary N) is 1. The number of para-hydroxylation sites is 1. The van der Waals surface area contributed by atoms with Gasteiger partial charge in [-0.25, -0.2) is 8.97 Å². The van der Waals surface area contributed by atoms with Crippen LogP contribution < -0.4 is 10.9 Å². The van der Waals surface area contributed by atoms with E-state index in [1.165, 1.54) is 16.6 Å². The highest BCUT2D eigenvalue weighted by Gasteiger charge is 2.25. The molecule has 2 aromatic carbocycles. The third-order valence-corrected chi connectivity index (χ3v) is 8.52. The van der Waals surface area contributed by atoms with E-state index in [0.717, 1.165) is 47.2 Å². The first kappa shape index (κ1) is 22.3. The number of aryl methyl sites for hydroxylation is 2. The van der Waals surface area contributed by atoms with Crippen molar-refractivity contribution in [2.75, 3.05) is 11.1 Å². The molecule has 0 saturated carbocycles. The predicted molar refractivity (Wildman–Crippen MR) is 141 cm³/mol. The van der Waals surface area contributed by atoms with E-state index >= 15 is 0 Å². The third-order valence-electron chi connectivity index (χ3n) is 6.06. The van der Waals surface area contributed by atoms with E-state index < -0.39 is 0 Å². The Bertz CT molecular complexity index is 1620. The monoisotopic (exact) mass is 521 g/mol. The average Bonchev–Trinajstić information content (AvgIpc) is 3.47. The van der Waals surface area contributed by atoms with Crippen LogP contribution in [0.25, 0.3) is 21.7 Å². The van der Waals surface area contributed by atoms with Crippen LogP contribution in [0, 0.1) is 0 Å². The number of anilines is 1. The van der Waals surface area contributed by atoms with Gasteiger partial charge in [0.05, 0.1) is 16.8 Å². The minimum absolute atomic E-state index is 0.0671. The second-order valence-electron chi connectivity index (χ2n) is 8.33. The fraction of sp³-hybridized carbons (Fsp3) is 0.200. The Labute approximate surface area is 213 Å². The summed E-state index contributed by atoms with van der Waals surface area (Å²) >= 11 is 8.88. The van der Waals surface area contributed by atoms with Crippen LogP contribution in [0.1, 0.15) is 23.3 Å². The summed E-state index contributed by atoms with van der Waals surface area (Å²) in [6, 6.07) is 16.5. The number of carbonyl (C=O) groups excluding carboxylic acids is 1. The number of benzene rings is 2. The number of halogens is 1. The number of aromatic nitrogens is 4. The van der Waals surface area contributed by atoms with Crippen LogP contribution in [0.2, 0.25) is 5.02 Å². The molecule has 10 heteroatoms. The van der Waals surface area contributed by atoms with E-state index in [2.05, 4.69) is 15.5 Å². The Morgan fingerprint density at radius 3 is 2.63 bits per heavy atom. The largest absolute Gasteiger partial charge is 0.325 e. The molecule has 1 aliphatic rings. The molecular formula is C25H20ClN5O2S2. The van der Waals surface area contributed by atoms with Gasteiger partial charge in [0.15, 0.2) is 5.16 Å². The van der Waals surface area contributed by atoms with Crippen LogP contribution in [0.3, 0.4) is 0 Å². The highest BCUT2D eigenvalue weighted by molar-refractivity contribution is 7.99. The summed E-state index contributed by atoms with van der Waals surface area (Å²) in [5, 5.41) is 13.6. The lowest BCUT2D eigenvalue weighted by Gasteiger charge is -2.12. The Morgan fingerprint density at radius 2 is 1.83 bits per heavy atom. The van der Waals surface area contributed by atoms with Crippen molar-refractivity contribution < 1.29 is 4.79 Å². The van der Waals surface area contributed by atoms with Gasteiger partial charge < -0.3 is 5.32 Å². The molecule has 0 aliphatic heterocycles. The Hall–Kier alpha value is -3.14. The molecule has 1 amide bonds. The summed E-state index contributed by atoms with van der Waals surface area (Å²) in [6.45, 7) is 0. The van der Waals surface area contributed by atoms with Crippen molar-refractivity contribution >= 4 is 62.3 Å². The zero-order chi connectivity index (χ0) is 23.9. The van der Waals surface area contributed by atoms with E-state index in [1.54, 1.807) is 40.2 Å². The SMILES string of the molecule is O=C(CSc1nnc2n(-c3ccccc3)c(=O)c3c4c(sc3n12)CCCC4)Nc1ccc(Cl)cc1. The minimum Gasteiger partial charge on any atom is -0.325 e. The molecule has 0 bridgehead atoms. The molecule has 3 aromatic heterocycles. The van der Waals surface area contributed by atoms with E-state index in [0.29, 0.717) is 21.6 Å². The van der Waals surface area contributed by atoms with Crippen molar-refractivity contribution in [2.24, 2.45) is 0 Å². The third kappa shape index (κ3) is 4.03. The summed E-state index contributed by atoms with van der Waals surface area (Å²) in [4.78, 5) is 28.5. The molecule has 5 aromatic rings. The van der Waals surface area contributed by atoms with E-state index in [9.17, 15) is 9.59 Å². The highest BCUT2D eigenvalue weighted by Crippen LogP contribution is 2.36. The van der Waals surface area contributed by atoms with Gasteiger partial charge in [-0.3, -0.25) is 9.59 Å². The van der Waals surface area contributed by atoms with Crippen molar-refractivity contribution in [3.63, 3.8) is 0 Å². The molecule has 7 nitrogen and oxygen atoms in total. The fourth-order valence-corrected chi connectivity index (χ4v) is 6.78. The summed E-state index contributed by atoms with van der Waals surface area (Å²) in [5.74, 6) is 0.445. The number of thiophene rings is 1. The number of hydrogen-bond acceptors (Lipinski definition) is 6. The van der Waals surface area contributed by atoms with Crippen molar-refractivity contribution in [3.8, 4) is 5.69 Å². The molecule has 1 aliphatic carbocycles. The maximum atomic E-state index is 13.8. The van der Waals surface area contributed by atoms with Crippen molar-refractivity contribution in [1.29, 1.82) is 0 Å². The van der Waals surface area contributed by atoms with Gasteiger partial charge >= 0.3 is 0 Å². The van der Waals surface area contributed by atoms with Crippen molar-refractivity contribution in [3.05, 3.63) is 80.4 Å². The molecule has 0 atom stereocenters. The molecule has 0 fully saturated rings. The van der Waals surface area contributed by atoms with Gasteiger partial charge in [0, 0.05) is 15.6 Å². The van der Waals surface area contributed by atoms with Crippen LogP contribution in [0.4, 0.5) is 5.69 Å². The van der Waals surface area contributed by atoms with Crippen molar-refractivity contribution in [1.82, 2.24) is 19.2 Å². The molecule has 35 heavy (non-hydrogen) atoms. The second-order valence-corrected chi connectivity index (χ2v) is 10.8. The molecule has 176 valence electrons. The number of carbonyl (C=O) groups is 1. The Morgan fingerprint density at radius 1 is 1.06 bits per heavy atom. The number of amides is 1. The van der Waals surface area contributed by atoms with Gasteiger partial charge in [-0.1, -0.05) is 41.6 Å². The smallest absolute Gasteiger partial charge is 0.268 e. The van der Waals surface area contributed by atoms with Gasteiger partial charge in [0.1, 0.15) is 4.83 Å². The topological polar surface area (TPSA) is 81.3 Å². The van der Waals surface area contributed by atoms with Crippen LogP contribution in [-0.2, 0) is 17.6 Å². The lowest BCUT2D eigenvalue weighted by Crippen LogP contribution is -2.22. The summed E-state index contributed by atoms with van der Waals surface area (Å²) < 4.78 is 3.57. The fourth-order valence-electron chi connectivity index (χ4n) is 4.48. The number of nitrogens with zero attached hydrogens (tertiary/aromatic N) is 4. The number of rotatable bonds is 5. The first-order valence-electron chi connectivity index (χ1n) is 11.3. The molecule has 0 saturated heterocycles. The van der Waals surface area contributed by atoms with E-state index in [-0.39, 0.29) is 17.2 Å². The lowest BCUT2D eigenvalue weighted by molar-refractivity contribution is -0.113. The maximum Gasteiger partial charge on any atom is 0.268 e. The first-order chi connectivity index (χ1) is 17.1. The standard InChI is InChI=1S/C25H20ClN5O2S2/c26-15-10-12-16(13-11-15)27-20(32)14-34-25-29-28-24-30(17-6-2-1-3-7-17)22(33)21-18-8-4-5-9-19(18)35-23(21)31(24)25/h1-3,6-7,10-13H,4-5,8-9,14H2,(H,27,32). The van der Waals surface area contributed by atoms with Crippen molar-refractivity contribution in [2.45, 2.75) is 30.8 Å². The van der Waals surface area contributed by atoms with E-state index in [1.807, 2.05) is 34.7 Å². The van der Waals surface area contributed by atoms with Gasteiger partial charge in [-0.05, 0) is 67.6 Å². The zero-order valence-corrected chi connectivity index (χ0v) is 20.9. The highest BCUT2D eigenvalue weighted by atomic mass is 35.5. The van der Waals surface area contributed by atoms with Crippen LogP contribution in [0.15, 0.2) is 64.5 Å². The summed E-state index contributed by atoms with van der Waals surface area (Å²) in [5.41, 5.74) is 2.50. The molecule has 0 radical (unpaired) electrons. The average molecular weight is 522 g/mol. The number of thioether (sulfide) groups is 1. The van der Waals surface area contributed by atoms with Crippen LogP contribution in [-0.4, -0.2) is 30.8 Å². The molecule has 3 heterocycles. The van der Waals surface area contributed by atoms with Gasteiger partial charge in [-0.15, -0.1) is 21.5 Å². The van der Waals surface area contributed by atoms with Gasteiger partial charge in [0.25, 0.3) is 5.56 Å². The second kappa shape index (κ2) is 9.14. The number of fused-ring (bicyclic) bond motifs is 5. The van der Waals surface area contributed by atoms with Gasteiger partial charge in [0.2, 0.25) is 11.7 Å². The quantitative estimate of drug-likeness (QED) is 0.315. The summed E-state index contributed by atoms with van der Waals surface area (Å²) in [7, 11) is 0. The normalized spacial score (nSPS) is 13.3. The molecule has 0 unspecified atom stereocenters. The predicted octanol–water partition coefficient (Wildman–Crippen LogP) is 5.36. The Kier molecular flexibility index (Phi) is 5.83. The minimum atomic E-state index is -0.160. The van der Waals surface area contributed by atoms with Gasteiger partial charge in [-0.2, -0.15) is 0 Å². The van der Waals surface area contributed by atoms with Crippen LogP contribution in [0.5, 0.6) is 0 Å². The zero-order valence-electron chi connectivity index (χ0n) is 18.5. The molecular weight excluding hydrogens is 502 g/mol.